The third-order valence-electron chi connectivity index (χ3n) is 4.22. The quantitative estimate of drug-likeness (QED) is 0.204. The van der Waals surface area contributed by atoms with Crippen LogP contribution in [-0.4, -0.2) is 30.7 Å². The summed E-state index contributed by atoms with van der Waals surface area (Å²) in [6.07, 6.45) is 16.6. The van der Waals surface area contributed by atoms with Gasteiger partial charge in [0.25, 0.3) is 0 Å². The van der Waals surface area contributed by atoms with E-state index in [1.165, 1.54) is 75.4 Å². The fourth-order valence-electron chi connectivity index (χ4n) is 3.15. The number of rotatable bonds is 15. The summed E-state index contributed by atoms with van der Waals surface area (Å²) in [4.78, 5) is 0. The highest BCUT2D eigenvalue weighted by atomic mass is 15.3. The minimum atomic E-state index is 1.09. The molecule has 0 unspecified atom stereocenters. The Morgan fingerprint density at radius 3 is 1.60 bits per heavy atom. The summed E-state index contributed by atoms with van der Waals surface area (Å²) in [5, 5.41) is 0. The first kappa shape index (κ1) is 19.4. The van der Waals surface area contributed by atoms with E-state index in [-0.39, 0.29) is 0 Å². The second-order valence-electron chi connectivity index (χ2n) is 6.21. The lowest BCUT2D eigenvalue weighted by Gasteiger charge is -2.37. The summed E-state index contributed by atoms with van der Waals surface area (Å²) in [5.41, 5.74) is 0. The van der Waals surface area contributed by atoms with Crippen LogP contribution in [0.4, 0.5) is 0 Å². The monoisotopic (exact) mass is 280 g/mol. The number of unbranched alkanes of at least 4 members (excludes halogenated alkanes) is 7. The van der Waals surface area contributed by atoms with E-state index in [0.29, 0.717) is 0 Å². The van der Waals surface area contributed by atoms with Crippen molar-refractivity contribution in [3.05, 3.63) is 25.3 Å². The Balaban J connectivity index is 3.88. The van der Waals surface area contributed by atoms with E-state index in [0.717, 1.165) is 13.1 Å². The van der Waals surface area contributed by atoms with E-state index in [9.17, 15) is 0 Å². The van der Waals surface area contributed by atoms with E-state index in [2.05, 4.69) is 39.2 Å². The number of quaternary nitrogens is 1. The van der Waals surface area contributed by atoms with Crippen LogP contribution in [0.2, 0.25) is 0 Å². The van der Waals surface area contributed by atoms with Gasteiger partial charge in [0.15, 0.2) is 0 Å². The van der Waals surface area contributed by atoms with Gasteiger partial charge in [0, 0.05) is 0 Å². The molecule has 118 valence electrons. The zero-order valence-corrected chi connectivity index (χ0v) is 14.2. The van der Waals surface area contributed by atoms with E-state index in [1.54, 1.807) is 0 Å². The van der Waals surface area contributed by atoms with Crippen molar-refractivity contribution in [2.24, 2.45) is 0 Å². The summed E-state index contributed by atoms with van der Waals surface area (Å²) in [6.45, 7) is 17.2. The molecule has 0 aromatic rings. The molecule has 0 rings (SSSR count). The molecule has 0 amide bonds. The minimum Gasteiger partial charge on any atom is -0.317 e. The van der Waals surface area contributed by atoms with E-state index in [4.69, 9.17) is 0 Å². The zero-order valence-electron chi connectivity index (χ0n) is 14.2. The average molecular weight is 281 g/mol. The Morgan fingerprint density at radius 1 is 0.650 bits per heavy atom. The molecule has 1 nitrogen and oxygen atoms in total. The average Bonchev–Trinajstić information content (AvgIpc) is 2.43. The van der Waals surface area contributed by atoms with Crippen molar-refractivity contribution in [3.8, 4) is 0 Å². The maximum absolute atomic E-state index is 3.95. The van der Waals surface area contributed by atoms with Crippen molar-refractivity contribution in [2.75, 3.05) is 26.2 Å². The highest BCUT2D eigenvalue weighted by Crippen LogP contribution is 2.14. The minimum absolute atomic E-state index is 1.09. The van der Waals surface area contributed by atoms with Gasteiger partial charge in [-0.1, -0.05) is 65.5 Å². The Morgan fingerprint density at radius 2 is 1.15 bits per heavy atom. The van der Waals surface area contributed by atoms with Crippen LogP contribution in [0.3, 0.4) is 0 Å². The van der Waals surface area contributed by atoms with Gasteiger partial charge in [-0.2, -0.15) is 0 Å². The summed E-state index contributed by atoms with van der Waals surface area (Å²) in [7, 11) is 0. The lowest BCUT2D eigenvalue weighted by molar-refractivity contribution is -0.917. The third-order valence-corrected chi connectivity index (χ3v) is 4.22. The van der Waals surface area contributed by atoms with Crippen molar-refractivity contribution in [2.45, 2.75) is 71.6 Å². The molecule has 0 bridgehead atoms. The van der Waals surface area contributed by atoms with Crippen molar-refractivity contribution in [3.63, 3.8) is 0 Å². The molecule has 0 aromatic heterocycles. The fourth-order valence-corrected chi connectivity index (χ4v) is 3.15. The molecule has 0 radical (unpaired) electrons. The Labute approximate surface area is 128 Å². The second-order valence-corrected chi connectivity index (χ2v) is 6.21. The van der Waals surface area contributed by atoms with Gasteiger partial charge < -0.3 is 4.48 Å². The molecule has 0 saturated heterocycles. The predicted octanol–water partition coefficient (Wildman–Crippen LogP) is 5.73. The lowest BCUT2D eigenvalue weighted by atomic mass is 10.1. The topological polar surface area (TPSA) is 0 Å². The molecular formula is C19H38N+. The van der Waals surface area contributed by atoms with E-state index < -0.39 is 0 Å². The van der Waals surface area contributed by atoms with Crippen LogP contribution in [-0.2, 0) is 0 Å². The van der Waals surface area contributed by atoms with Crippen LogP contribution >= 0.6 is 0 Å². The summed E-state index contributed by atoms with van der Waals surface area (Å²) >= 11 is 0. The highest BCUT2D eigenvalue weighted by molar-refractivity contribution is 4.72. The first-order chi connectivity index (χ1) is 9.74. The maximum atomic E-state index is 3.95. The van der Waals surface area contributed by atoms with Crippen LogP contribution < -0.4 is 0 Å². The van der Waals surface area contributed by atoms with Gasteiger partial charge in [0.1, 0.15) is 0 Å². The summed E-state index contributed by atoms with van der Waals surface area (Å²) in [6, 6.07) is 0. The number of hydrogen-bond donors (Lipinski definition) is 0. The molecule has 20 heavy (non-hydrogen) atoms. The molecule has 0 N–H and O–H groups in total. The zero-order chi connectivity index (χ0) is 15.1. The highest BCUT2D eigenvalue weighted by Gasteiger charge is 2.22. The van der Waals surface area contributed by atoms with Crippen molar-refractivity contribution in [1.82, 2.24) is 0 Å². The van der Waals surface area contributed by atoms with Gasteiger partial charge in [-0.15, -0.1) is 0 Å². The van der Waals surface area contributed by atoms with Crippen LogP contribution in [0, 0.1) is 0 Å². The molecular weight excluding hydrogens is 242 g/mol. The van der Waals surface area contributed by atoms with Gasteiger partial charge >= 0.3 is 0 Å². The van der Waals surface area contributed by atoms with Crippen LogP contribution in [0.15, 0.2) is 25.3 Å². The smallest absolute Gasteiger partial charge is 0.0973 e. The Hall–Kier alpha value is -0.560. The molecule has 0 heterocycles. The lowest BCUT2D eigenvalue weighted by Crippen LogP contribution is -2.49. The van der Waals surface area contributed by atoms with Gasteiger partial charge in [-0.25, -0.2) is 0 Å². The molecule has 0 aliphatic rings. The predicted molar refractivity (Wildman–Crippen MR) is 93.0 cm³/mol. The largest absolute Gasteiger partial charge is 0.317 e. The van der Waals surface area contributed by atoms with Crippen LogP contribution in [0.5, 0.6) is 0 Å². The van der Waals surface area contributed by atoms with Crippen molar-refractivity contribution < 1.29 is 4.48 Å². The molecule has 0 atom stereocenters. The van der Waals surface area contributed by atoms with E-state index in [1.807, 2.05) is 0 Å². The molecule has 1 heteroatoms. The molecule has 0 aliphatic carbocycles. The first-order valence-electron chi connectivity index (χ1n) is 8.81. The van der Waals surface area contributed by atoms with Crippen LogP contribution in [0.1, 0.15) is 71.6 Å². The fraction of sp³-hybridized carbons (Fsp3) is 0.789. The summed E-state index contributed by atoms with van der Waals surface area (Å²) < 4.78 is 1.17. The van der Waals surface area contributed by atoms with Crippen molar-refractivity contribution >= 4 is 0 Å². The molecule has 0 saturated carbocycles. The molecule has 0 aliphatic heterocycles. The molecule has 0 spiro atoms. The van der Waals surface area contributed by atoms with Gasteiger partial charge in [-0.05, 0) is 31.4 Å². The Kier molecular flexibility index (Phi) is 13.0. The normalized spacial score (nSPS) is 11.5. The number of hydrogen-bond acceptors (Lipinski definition) is 0. The van der Waals surface area contributed by atoms with Crippen LogP contribution in [0.25, 0.3) is 0 Å². The second kappa shape index (κ2) is 13.4. The third kappa shape index (κ3) is 9.36. The summed E-state index contributed by atoms with van der Waals surface area (Å²) in [5.74, 6) is 0. The molecule has 0 aromatic carbocycles. The van der Waals surface area contributed by atoms with Crippen molar-refractivity contribution in [1.29, 1.82) is 0 Å². The van der Waals surface area contributed by atoms with Gasteiger partial charge in [0.05, 0.1) is 26.2 Å². The van der Waals surface area contributed by atoms with Gasteiger partial charge in [-0.3, -0.25) is 0 Å². The SMILES string of the molecule is C=CC[N+](CC=C)(CCC)CCCCCCCCCC. The standard InChI is InChI=1S/C19H38N/c1-5-9-10-11-12-13-14-15-19-20(16-6-2,17-7-3)18-8-4/h6-7H,2-3,5,8-19H2,1,4H3/q+1. The van der Waals surface area contributed by atoms with E-state index >= 15 is 0 Å². The number of nitrogens with zero attached hydrogens (tertiary/aromatic N) is 1. The van der Waals surface area contributed by atoms with Gasteiger partial charge in [0.2, 0.25) is 0 Å². The Bertz CT molecular complexity index is 222. The molecule has 0 fully saturated rings. The maximum Gasteiger partial charge on any atom is 0.0973 e. The first-order valence-corrected chi connectivity index (χ1v) is 8.81.